The van der Waals surface area contributed by atoms with E-state index >= 15 is 0 Å². The molecule has 0 bridgehead atoms. The number of nitrogens with two attached hydrogens (primary N) is 1. The Labute approximate surface area is 198 Å². The number of halogens is 1. The Morgan fingerprint density at radius 2 is 1.79 bits per heavy atom. The predicted octanol–water partition coefficient (Wildman–Crippen LogP) is 5.71. The molecule has 3 aromatic carbocycles. The average Bonchev–Trinajstić information content (AvgIpc) is 2.83. The van der Waals surface area contributed by atoms with Crippen molar-refractivity contribution in [1.82, 2.24) is 0 Å². The fraction of sp³-hybridized carbons (Fsp3) is 0.0769. The van der Waals surface area contributed by atoms with Crippen LogP contribution in [0.15, 0.2) is 89.0 Å². The molecule has 0 amide bonds. The Balaban J connectivity index is 1.65. The number of ether oxygens (including phenoxy) is 2. The van der Waals surface area contributed by atoms with Crippen LogP contribution in [0.1, 0.15) is 22.6 Å². The molecule has 0 saturated heterocycles. The van der Waals surface area contributed by atoms with E-state index < -0.39 is 5.92 Å². The Morgan fingerprint density at radius 3 is 2.58 bits per heavy atom. The van der Waals surface area contributed by atoms with E-state index in [1.807, 2.05) is 60.7 Å². The molecule has 1 atom stereocenters. The fourth-order valence-corrected chi connectivity index (χ4v) is 5.03. The second kappa shape index (κ2) is 8.62. The van der Waals surface area contributed by atoms with Gasteiger partial charge >= 0.3 is 0 Å². The van der Waals surface area contributed by atoms with E-state index in [0.29, 0.717) is 34.3 Å². The Kier molecular flexibility index (Phi) is 5.51. The molecule has 0 spiro atoms. The Morgan fingerprint density at radius 1 is 1.06 bits per heavy atom. The van der Waals surface area contributed by atoms with Gasteiger partial charge in [0.25, 0.3) is 0 Å². The lowest BCUT2D eigenvalue weighted by atomic mass is 9.84. The first-order valence-corrected chi connectivity index (χ1v) is 11.4. The number of nitriles is 1. The molecule has 1 aliphatic heterocycles. The molecular weight excluding hydrogens is 456 g/mol. The molecular formula is C26H17ClN2O3S. The third-order valence-corrected chi connectivity index (χ3v) is 6.74. The van der Waals surface area contributed by atoms with E-state index in [9.17, 15) is 10.1 Å². The number of rotatable bonds is 4. The van der Waals surface area contributed by atoms with Gasteiger partial charge in [0.1, 0.15) is 29.7 Å². The number of hydrogen-bond donors (Lipinski definition) is 1. The minimum atomic E-state index is -0.700. The molecule has 2 N–H and O–H groups in total. The van der Waals surface area contributed by atoms with Gasteiger partial charge in [0.15, 0.2) is 0 Å². The summed E-state index contributed by atoms with van der Waals surface area (Å²) >= 11 is 7.10. The maximum absolute atomic E-state index is 13.3. The van der Waals surface area contributed by atoms with Gasteiger partial charge in [-0.1, -0.05) is 65.4 Å². The SMILES string of the molecule is N#CC1=C(N)Oc2c(c(=O)sc3ccccc23)C1c1ccccc1OCc1ccc(Cl)cc1. The maximum Gasteiger partial charge on any atom is 0.240 e. The number of fused-ring (bicyclic) bond motifs is 3. The van der Waals surface area contributed by atoms with Gasteiger partial charge in [0.2, 0.25) is 10.6 Å². The third-order valence-electron chi connectivity index (χ3n) is 5.51. The van der Waals surface area contributed by atoms with Crippen LogP contribution in [-0.2, 0) is 6.61 Å². The minimum absolute atomic E-state index is 0.0109. The van der Waals surface area contributed by atoms with E-state index in [1.165, 1.54) is 0 Å². The summed E-state index contributed by atoms with van der Waals surface area (Å²) in [6, 6.07) is 24.4. The molecule has 0 saturated carbocycles. The lowest BCUT2D eigenvalue weighted by Crippen LogP contribution is -2.26. The molecule has 4 aromatic rings. The van der Waals surface area contributed by atoms with Gasteiger partial charge in [-0.05, 0) is 35.9 Å². The summed E-state index contributed by atoms with van der Waals surface area (Å²) in [6.45, 7) is 0.302. The van der Waals surface area contributed by atoms with Crippen LogP contribution < -0.4 is 19.9 Å². The van der Waals surface area contributed by atoms with Crippen molar-refractivity contribution in [2.45, 2.75) is 12.5 Å². The van der Waals surface area contributed by atoms with Crippen molar-refractivity contribution in [3.8, 4) is 17.6 Å². The quantitative estimate of drug-likeness (QED) is 0.411. The molecule has 1 aliphatic rings. The number of benzene rings is 3. The minimum Gasteiger partial charge on any atom is -0.489 e. The van der Waals surface area contributed by atoms with Gasteiger partial charge < -0.3 is 15.2 Å². The number of nitrogens with zero attached hydrogens (tertiary/aromatic N) is 1. The van der Waals surface area contributed by atoms with Crippen LogP contribution in [0, 0.1) is 11.3 Å². The topological polar surface area (TPSA) is 85.3 Å². The molecule has 1 unspecified atom stereocenters. The summed E-state index contributed by atoms with van der Waals surface area (Å²) in [5.41, 5.74) is 8.38. The van der Waals surface area contributed by atoms with Crippen LogP contribution in [0.5, 0.6) is 11.5 Å². The van der Waals surface area contributed by atoms with Crippen LogP contribution >= 0.6 is 22.9 Å². The van der Waals surface area contributed by atoms with Gasteiger partial charge in [-0.2, -0.15) is 5.26 Å². The third kappa shape index (κ3) is 3.82. The molecule has 0 radical (unpaired) electrons. The van der Waals surface area contributed by atoms with Crippen molar-refractivity contribution in [2.24, 2.45) is 5.73 Å². The van der Waals surface area contributed by atoms with Crippen molar-refractivity contribution in [2.75, 3.05) is 0 Å². The van der Waals surface area contributed by atoms with Gasteiger partial charge in [0, 0.05) is 20.7 Å². The largest absolute Gasteiger partial charge is 0.489 e. The summed E-state index contributed by atoms with van der Waals surface area (Å²) in [4.78, 5) is 13.3. The molecule has 1 aromatic heterocycles. The van der Waals surface area contributed by atoms with Crippen LogP contribution in [0.4, 0.5) is 0 Å². The first kappa shape index (κ1) is 21.1. The van der Waals surface area contributed by atoms with E-state index in [0.717, 1.165) is 27.0 Å². The molecule has 5 rings (SSSR count). The van der Waals surface area contributed by atoms with Gasteiger partial charge in [-0.15, -0.1) is 0 Å². The molecule has 2 heterocycles. The fourth-order valence-electron chi connectivity index (χ4n) is 3.97. The first-order chi connectivity index (χ1) is 16.1. The second-order valence-corrected chi connectivity index (χ2v) is 8.96. The normalized spacial score (nSPS) is 15.0. The highest BCUT2D eigenvalue weighted by atomic mass is 35.5. The molecule has 0 aliphatic carbocycles. The van der Waals surface area contributed by atoms with Gasteiger partial charge in [-0.25, -0.2) is 0 Å². The van der Waals surface area contributed by atoms with Crippen LogP contribution in [0.3, 0.4) is 0 Å². The predicted molar refractivity (Wildman–Crippen MR) is 130 cm³/mol. The van der Waals surface area contributed by atoms with Gasteiger partial charge in [0.05, 0.1) is 11.5 Å². The monoisotopic (exact) mass is 472 g/mol. The van der Waals surface area contributed by atoms with E-state index in [2.05, 4.69) is 6.07 Å². The lowest BCUT2D eigenvalue weighted by molar-refractivity contribution is 0.301. The molecule has 7 heteroatoms. The molecule has 0 fully saturated rings. The highest BCUT2D eigenvalue weighted by Gasteiger charge is 2.36. The Bertz CT molecular complexity index is 1500. The number of allylic oxidation sites excluding steroid dienone is 1. The molecule has 33 heavy (non-hydrogen) atoms. The van der Waals surface area contributed by atoms with Crippen molar-refractivity contribution < 1.29 is 9.47 Å². The number of hydrogen-bond acceptors (Lipinski definition) is 6. The smallest absolute Gasteiger partial charge is 0.240 e. The molecule has 5 nitrogen and oxygen atoms in total. The van der Waals surface area contributed by atoms with Crippen molar-refractivity contribution in [1.29, 1.82) is 5.26 Å². The van der Waals surface area contributed by atoms with E-state index in [-0.39, 0.29) is 16.2 Å². The first-order valence-electron chi connectivity index (χ1n) is 10.2. The van der Waals surface area contributed by atoms with Crippen LogP contribution in [0.2, 0.25) is 5.02 Å². The highest BCUT2D eigenvalue weighted by Crippen LogP contribution is 2.46. The standard InChI is InChI=1S/C26H17ClN2O3S/c27-16-11-9-15(10-12-16)14-31-20-7-3-1-5-17(20)22-19(13-28)25(29)32-24-18-6-2-4-8-21(18)33-26(30)23(22)24/h1-12,22H,14,29H2. The summed E-state index contributed by atoms with van der Waals surface area (Å²) in [6.07, 6.45) is 0. The van der Waals surface area contributed by atoms with Crippen LogP contribution in [0.25, 0.3) is 10.1 Å². The van der Waals surface area contributed by atoms with Crippen LogP contribution in [-0.4, -0.2) is 0 Å². The lowest BCUT2D eigenvalue weighted by Gasteiger charge is -2.27. The number of para-hydroxylation sites is 1. The average molecular weight is 473 g/mol. The van der Waals surface area contributed by atoms with Gasteiger partial charge in [-0.3, -0.25) is 4.79 Å². The zero-order valence-corrected chi connectivity index (χ0v) is 18.8. The highest BCUT2D eigenvalue weighted by molar-refractivity contribution is 7.16. The zero-order chi connectivity index (χ0) is 22.9. The summed E-state index contributed by atoms with van der Waals surface area (Å²) in [5.74, 6) is 0.239. The maximum atomic E-state index is 13.3. The zero-order valence-electron chi connectivity index (χ0n) is 17.2. The van der Waals surface area contributed by atoms with Crippen molar-refractivity contribution >= 4 is 33.0 Å². The van der Waals surface area contributed by atoms with Crippen molar-refractivity contribution in [3.05, 3.63) is 116 Å². The van der Waals surface area contributed by atoms with E-state index in [4.69, 9.17) is 26.8 Å². The second-order valence-electron chi connectivity index (χ2n) is 7.51. The summed E-state index contributed by atoms with van der Waals surface area (Å²) < 4.78 is 12.6. The van der Waals surface area contributed by atoms with E-state index in [1.54, 1.807) is 12.1 Å². The molecule has 162 valence electrons. The summed E-state index contributed by atoms with van der Waals surface area (Å²) in [7, 11) is 0. The summed E-state index contributed by atoms with van der Waals surface area (Å²) in [5, 5.41) is 11.4. The Hall–Kier alpha value is -3.79. The van der Waals surface area contributed by atoms with Crippen molar-refractivity contribution in [3.63, 3.8) is 0 Å².